The van der Waals surface area contributed by atoms with Gasteiger partial charge in [-0.1, -0.05) is 0 Å². The van der Waals surface area contributed by atoms with Crippen LogP contribution in [0, 0.1) is 0 Å². The molecule has 0 saturated carbocycles. The predicted molar refractivity (Wildman–Crippen MR) is 89.6 cm³/mol. The molecule has 2 heterocycles. The van der Waals surface area contributed by atoms with Crippen molar-refractivity contribution in [2.75, 3.05) is 34.0 Å². The van der Waals surface area contributed by atoms with E-state index in [1.807, 2.05) is 0 Å². The van der Waals surface area contributed by atoms with Gasteiger partial charge in [0.1, 0.15) is 55.4 Å². The highest BCUT2D eigenvalue weighted by molar-refractivity contribution is 5.68. The molecule has 170 valence electrons. The van der Waals surface area contributed by atoms with Crippen molar-refractivity contribution in [3.05, 3.63) is 0 Å². The first-order chi connectivity index (χ1) is 13.7. The molecule has 0 bridgehead atoms. The van der Waals surface area contributed by atoms with Crippen LogP contribution in [-0.2, 0) is 33.2 Å². The molecular formula is C16H28O13. The number of aliphatic carboxylic acids is 1. The summed E-state index contributed by atoms with van der Waals surface area (Å²) in [6.45, 7) is -1.24. The summed E-state index contributed by atoms with van der Waals surface area (Å²) in [5.41, 5.74) is 0. The Labute approximate surface area is 166 Å². The maximum Gasteiger partial charge on any atom is 0.329 e. The molecule has 0 aromatic heterocycles. The van der Waals surface area contributed by atoms with Gasteiger partial charge >= 0.3 is 5.97 Å². The second-order valence-electron chi connectivity index (χ2n) is 6.73. The average molecular weight is 428 g/mol. The molecule has 2 aliphatic rings. The van der Waals surface area contributed by atoms with Crippen LogP contribution in [0.4, 0.5) is 0 Å². The molecule has 6 N–H and O–H groups in total. The second-order valence-corrected chi connectivity index (χ2v) is 6.73. The van der Waals surface area contributed by atoms with Gasteiger partial charge in [0, 0.05) is 14.2 Å². The fourth-order valence-corrected chi connectivity index (χ4v) is 3.15. The molecule has 4 unspecified atom stereocenters. The van der Waals surface area contributed by atoms with Crippen molar-refractivity contribution in [1.29, 1.82) is 0 Å². The fourth-order valence-electron chi connectivity index (χ4n) is 3.15. The SMILES string of the molecule is COCC1O[C@@H](OCC2O[C@H](OC)C(O)[C@@H](OCC(=O)O)[C@@H]2O)C(O)[C@@H](O)[C@@H]1O. The third-order valence-electron chi connectivity index (χ3n) is 4.70. The summed E-state index contributed by atoms with van der Waals surface area (Å²) in [5, 5.41) is 59.2. The molecule has 0 radical (unpaired) electrons. The maximum atomic E-state index is 10.7. The van der Waals surface area contributed by atoms with Gasteiger partial charge in [0.25, 0.3) is 0 Å². The van der Waals surface area contributed by atoms with E-state index in [2.05, 4.69) is 0 Å². The highest BCUT2D eigenvalue weighted by Gasteiger charge is 2.48. The molecule has 0 amide bonds. The van der Waals surface area contributed by atoms with Crippen molar-refractivity contribution < 1.29 is 63.9 Å². The van der Waals surface area contributed by atoms with E-state index in [1.165, 1.54) is 14.2 Å². The van der Waals surface area contributed by atoms with E-state index in [4.69, 9.17) is 33.5 Å². The first-order valence-corrected chi connectivity index (χ1v) is 8.89. The lowest BCUT2D eigenvalue weighted by atomic mass is 9.98. The van der Waals surface area contributed by atoms with Gasteiger partial charge < -0.3 is 59.1 Å². The Morgan fingerprint density at radius 1 is 0.793 bits per heavy atom. The van der Waals surface area contributed by atoms with E-state index in [1.54, 1.807) is 0 Å². The molecule has 2 saturated heterocycles. The molecule has 0 spiro atoms. The molecule has 0 aliphatic carbocycles. The van der Waals surface area contributed by atoms with Crippen molar-refractivity contribution in [2.24, 2.45) is 0 Å². The van der Waals surface area contributed by atoms with Gasteiger partial charge in [0.15, 0.2) is 12.6 Å². The largest absolute Gasteiger partial charge is 0.480 e. The molecule has 2 rings (SSSR count). The first kappa shape index (κ1) is 24.3. The van der Waals surface area contributed by atoms with Gasteiger partial charge in [-0.05, 0) is 0 Å². The van der Waals surface area contributed by atoms with Crippen molar-refractivity contribution >= 4 is 5.97 Å². The number of carboxylic acids is 1. The van der Waals surface area contributed by atoms with Crippen LogP contribution in [0.15, 0.2) is 0 Å². The van der Waals surface area contributed by atoms with Gasteiger partial charge in [0.05, 0.1) is 13.2 Å². The number of aliphatic hydroxyl groups excluding tert-OH is 5. The predicted octanol–water partition coefficient (Wildman–Crippen LogP) is -3.98. The molecule has 10 atom stereocenters. The quantitative estimate of drug-likeness (QED) is 0.208. The minimum atomic E-state index is -1.60. The van der Waals surface area contributed by atoms with Gasteiger partial charge in [-0.15, -0.1) is 0 Å². The number of aliphatic hydroxyl groups is 5. The van der Waals surface area contributed by atoms with Crippen molar-refractivity contribution in [1.82, 2.24) is 0 Å². The minimum Gasteiger partial charge on any atom is -0.480 e. The van der Waals surface area contributed by atoms with E-state index in [-0.39, 0.29) is 6.61 Å². The van der Waals surface area contributed by atoms with Crippen LogP contribution in [0.1, 0.15) is 0 Å². The van der Waals surface area contributed by atoms with E-state index >= 15 is 0 Å². The summed E-state index contributed by atoms with van der Waals surface area (Å²) in [7, 11) is 2.60. The van der Waals surface area contributed by atoms with E-state index < -0.39 is 80.6 Å². The van der Waals surface area contributed by atoms with Crippen LogP contribution in [-0.4, -0.2) is 132 Å². The minimum absolute atomic E-state index is 0.0730. The Hall–Kier alpha value is -0.970. The van der Waals surface area contributed by atoms with Crippen LogP contribution in [0.2, 0.25) is 0 Å². The molecule has 29 heavy (non-hydrogen) atoms. The monoisotopic (exact) mass is 428 g/mol. The number of rotatable bonds is 9. The zero-order valence-corrected chi connectivity index (χ0v) is 15.9. The highest BCUT2D eigenvalue weighted by Crippen LogP contribution is 2.27. The molecule has 0 aromatic rings. The lowest BCUT2D eigenvalue weighted by molar-refractivity contribution is -0.331. The van der Waals surface area contributed by atoms with Crippen molar-refractivity contribution in [2.45, 2.75) is 61.4 Å². The van der Waals surface area contributed by atoms with Crippen LogP contribution in [0.5, 0.6) is 0 Å². The normalized spacial score (nSPS) is 43.3. The van der Waals surface area contributed by atoms with E-state index in [9.17, 15) is 30.3 Å². The topological polar surface area (TPSA) is 194 Å². The Morgan fingerprint density at radius 3 is 2.00 bits per heavy atom. The average Bonchev–Trinajstić information content (AvgIpc) is 2.68. The molecule has 13 nitrogen and oxygen atoms in total. The summed E-state index contributed by atoms with van der Waals surface area (Å²) in [5.74, 6) is -1.30. The summed E-state index contributed by atoms with van der Waals surface area (Å²) >= 11 is 0. The number of carboxylic acid groups (broad SMARTS) is 1. The number of carbonyl (C=O) groups is 1. The zero-order valence-electron chi connectivity index (χ0n) is 15.9. The third-order valence-corrected chi connectivity index (χ3v) is 4.70. The summed E-state index contributed by atoms with van der Waals surface area (Å²) in [6.07, 6.45) is -13.6. The van der Waals surface area contributed by atoms with E-state index in [0.717, 1.165) is 0 Å². The van der Waals surface area contributed by atoms with Crippen molar-refractivity contribution in [3.8, 4) is 0 Å². The fraction of sp³-hybridized carbons (Fsp3) is 0.938. The molecule has 2 aliphatic heterocycles. The Morgan fingerprint density at radius 2 is 1.41 bits per heavy atom. The van der Waals surface area contributed by atoms with Crippen LogP contribution in [0.25, 0.3) is 0 Å². The Bertz CT molecular complexity index is 519. The highest BCUT2D eigenvalue weighted by atomic mass is 16.7. The van der Waals surface area contributed by atoms with Crippen LogP contribution >= 0.6 is 0 Å². The smallest absolute Gasteiger partial charge is 0.329 e. The lowest BCUT2D eigenvalue weighted by Crippen LogP contribution is -2.62. The second kappa shape index (κ2) is 10.9. The third kappa shape index (κ3) is 5.80. The van der Waals surface area contributed by atoms with Gasteiger partial charge in [-0.25, -0.2) is 4.79 Å². The van der Waals surface area contributed by atoms with Crippen LogP contribution < -0.4 is 0 Å². The standard InChI is InChI=1S/C16H28O13/c1-24-3-6-9(19)11(21)12(22)16(29-6)27-4-7-10(20)14(26-5-8(17)18)13(23)15(25-2)28-7/h6-7,9-16,19-23H,3-5H2,1-2H3,(H,17,18)/t6?,7?,9-,10-,11+,12?,13?,14+,15+,16-/m1/s1. The molecule has 0 aromatic carbocycles. The molecular weight excluding hydrogens is 400 g/mol. The summed E-state index contributed by atoms with van der Waals surface area (Å²) in [6, 6.07) is 0. The zero-order chi connectivity index (χ0) is 21.7. The van der Waals surface area contributed by atoms with Gasteiger partial charge in [-0.3, -0.25) is 0 Å². The lowest BCUT2D eigenvalue weighted by Gasteiger charge is -2.43. The van der Waals surface area contributed by atoms with E-state index in [0.29, 0.717) is 0 Å². The van der Waals surface area contributed by atoms with Crippen LogP contribution in [0.3, 0.4) is 0 Å². The number of hydrogen-bond donors (Lipinski definition) is 6. The maximum absolute atomic E-state index is 10.7. The summed E-state index contributed by atoms with van der Waals surface area (Å²) < 4.78 is 31.1. The number of methoxy groups -OCH3 is 2. The summed E-state index contributed by atoms with van der Waals surface area (Å²) in [4.78, 5) is 10.7. The molecule has 2 fully saturated rings. The Balaban J connectivity index is 2.02. The first-order valence-electron chi connectivity index (χ1n) is 8.89. The van der Waals surface area contributed by atoms with Gasteiger partial charge in [-0.2, -0.15) is 0 Å². The number of hydrogen-bond acceptors (Lipinski definition) is 12. The molecule has 13 heteroatoms. The van der Waals surface area contributed by atoms with Gasteiger partial charge in [0.2, 0.25) is 0 Å². The Kier molecular flexibility index (Phi) is 9.12. The number of ether oxygens (including phenoxy) is 6. The van der Waals surface area contributed by atoms with Crippen molar-refractivity contribution in [3.63, 3.8) is 0 Å².